The summed E-state index contributed by atoms with van der Waals surface area (Å²) >= 11 is 9.38. The summed E-state index contributed by atoms with van der Waals surface area (Å²) in [4.78, 5) is 0. The quantitative estimate of drug-likeness (QED) is 0.848. The molecule has 106 valence electrons. The number of ether oxygens (including phenoxy) is 1. The van der Waals surface area contributed by atoms with Crippen LogP contribution in [0.15, 0.2) is 40.9 Å². The summed E-state index contributed by atoms with van der Waals surface area (Å²) in [6.45, 7) is 2.15. The molecule has 20 heavy (non-hydrogen) atoms. The summed E-state index contributed by atoms with van der Waals surface area (Å²) in [6.07, 6.45) is 0. The molecule has 0 radical (unpaired) electrons. The third kappa shape index (κ3) is 3.72. The van der Waals surface area contributed by atoms with E-state index in [-0.39, 0.29) is 18.5 Å². The Bertz CT molecular complexity index is 619. The van der Waals surface area contributed by atoms with Crippen molar-refractivity contribution in [3.8, 4) is 5.75 Å². The van der Waals surface area contributed by atoms with Gasteiger partial charge >= 0.3 is 0 Å². The Morgan fingerprint density at radius 2 is 2.05 bits per heavy atom. The number of benzene rings is 2. The minimum absolute atomic E-state index is 0.147. The van der Waals surface area contributed by atoms with Gasteiger partial charge in [0, 0.05) is 21.6 Å². The average Bonchev–Trinajstić information content (AvgIpc) is 2.38. The van der Waals surface area contributed by atoms with Crippen LogP contribution in [0.4, 0.5) is 4.39 Å². The fourth-order valence-electron chi connectivity index (χ4n) is 1.80. The monoisotopic (exact) mass is 357 g/mol. The van der Waals surface area contributed by atoms with Crippen molar-refractivity contribution in [3.63, 3.8) is 0 Å². The summed E-state index contributed by atoms with van der Waals surface area (Å²) in [5.74, 6) is 0.335. The van der Waals surface area contributed by atoms with Crippen LogP contribution in [-0.4, -0.2) is 0 Å². The van der Waals surface area contributed by atoms with Gasteiger partial charge in [0.15, 0.2) is 0 Å². The number of nitrogens with two attached hydrogens (primary N) is 1. The molecule has 0 heterocycles. The van der Waals surface area contributed by atoms with Crippen molar-refractivity contribution < 1.29 is 9.13 Å². The average molecular weight is 359 g/mol. The zero-order valence-electron chi connectivity index (χ0n) is 10.9. The summed E-state index contributed by atoms with van der Waals surface area (Å²) in [5.41, 5.74) is 7.55. The van der Waals surface area contributed by atoms with Gasteiger partial charge in [0.2, 0.25) is 0 Å². The van der Waals surface area contributed by atoms with E-state index in [1.807, 2.05) is 25.1 Å². The molecule has 0 saturated heterocycles. The predicted octanol–water partition coefficient (Wildman–Crippen LogP) is 4.84. The molecule has 0 saturated carbocycles. The molecule has 2 rings (SSSR count). The standard InChI is InChI=1S/C15H14BrClFNO/c1-9(19)13-6-11(16)3-5-15(13)20-8-10-2-4-12(18)7-14(10)17/h2-7,9H,8,19H2,1H3. The van der Waals surface area contributed by atoms with Gasteiger partial charge in [-0.25, -0.2) is 4.39 Å². The van der Waals surface area contributed by atoms with Gasteiger partial charge < -0.3 is 10.5 Å². The van der Waals surface area contributed by atoms with Gasteiger partial charge in [-0.2, -0.15) is 0 Å². The van der Waals surface area contributed by atoms with Crippen LogP contribution in [0.1, 0.15) is 24.1 Å². The van der Waals surface area contributed by atoms with Crippen LogP contribution in [0.3, 0.4) is 0 Å². The molecule has 0 spiro atoms. The molecule has 5 heteroatoms. The van der Waals surface area contributed by atoms with Gasteiger partial charge in [0.05, 0.1) is 5.02 Å². The second-order valence-electron chi connectivity index (χ2n) is 4.50. The molecule has 0 aromatic heterocycles. The van der Waals surface area contributed by atoms with Gasteiger partial charge in [-0.05, 0) is 37.3 Å². The third-order valence-corrected chi connectivity index (χ3v) is 3.71. The largest absolute Gasteiger partial charge is 0.489 e. The highest BCUT2D eigenvalue weighted by Crippen LogP contribution is 2.29. The number of halogens is 3. The predicted molar refractivity (Wildman–Crippen MR) is 82.5 cm³/mol. The van der Waals surface area contributed by atoms with Crippen molar-refractivity contribution in [2.45, 2.75) is 19.6 Å². The molecule has 1 atom stereocenters. The van der Waals surface area contributed by atoms with E-state index in [1.165, 1.54) is 12.1 Å². The normalized spacial score (nSPS) is 12.2. The molecule has 2 aromatic rings. The van der Waals surface area contributed by atoms with Crippen LogP contribution in [0.2, 0.25) is 5.02 Å². The first-order valence-electron chi connectivity index (χ1n) is 6.09. The van der Waals surface area contributed by atoms with E-state index in [0.29, 0.717) is 10.8 Å². The maximum atomic E-state index is 13.0. The number of hydrogen-bond acceptors (Lipinski definition) is 2. The lowest BCUT2D eigenvalue weighted by molar-refractivity contribution is 0.301. The van der Waals surface area contributed by atoms with E-state index in [9.17, 15) is 4.39 Å². The summed E-state index contributed by atoms with van der Waals surface area (Å²) in [6, 6.07) is 9.75. The van der Waals surface area contributed by atoms with Gasteiger partial charge in [0.1, 0.15) is 18.2 Å². The Kier molecular flexibility index (Phi) is 5.02. The lowest BCUT2D eigenvalue weighted by Gasteiger charge is -2.15. The summed E-state index contributed by atoms with van der Waals surface area (Å²) in [5, 5.41) is 0.351. The van der Waals surface area contributed by atoms with Crippen LogP contribution < -0.4 is 10.5 Å². The Balaban J connectivity index is 2.18. The summed E-state index contributed by atoms with van der Waals surface area (Å²) < 4.78 is 19.7. The van der Waals surface area contributed by atoms with Crippen molar-refractivity contribution in [1.29, 1.82) is 0 Å². The van der Waals surface area contributed by atoms with Gasteiger partial charge in [-0.3, -0.25) is 0 Å². The van der Waals surface area contributed by atoms with E-state index >= 15 is 0 Å². The highest BCUT2D eigenvalue weighted by Gasteiger charge is 2.10. The zero-order valence-corrected chi connectivity index (χ0v) is 13.2. The fourth-order valence-corrected chi connectivity index (χ4v) is 2.40. The zero-order chi connectivity index (χ0) is 14.7. The lowest BCUT2D eigenvalue weighted by Crippen LogP contribution is -2.08. The Morgan fingerprint density at radius 3 is 2.70 bits per heavy atom. The van der Waals surface area contributed by atoms with Gasteiger partial charge in [-0.15, -0.1) is 0 Å². The van der Waals surface area contributed by atoms with Crippen molar-refractivity contribution in [1.82, 2.24) is 0 Å². The summed E-state index contributed by atoms with van der Waals surface area (Å²) in [7, 11) is 0. The van der Waals surface area contributed by atoms with E-state index in [2.05, 4.69) is 15.9 Å². The Morgan fingerprint density at radius 1 is 1.30 bits per heavy atom. The van der Waals surface area contributed by atoms with Gasteiger partial charge in [-0.1, -0.05) is 33.6 Å². The third-order valence-electron chi connectivity index (χ3n) is 2.86. The van der Waals surface area contributed by atoms with Crippen molar-refractivity contribution in [2.24, 2.45) is 5.73 Å². The first-order chi connectivity index (χ1) is 9.47. The Labute approximate surface area is 130 Å². The molecule has 0 aliphatic rings. The smallest absolute Gasteiger partial charge is 0.124 e. The van der Waals surface area contributed by atoms with Crippen LogP contribution in [0, 0.1) is 5.82 Å². The topological polar surface area (TPSA) is 35.2 Å². The van der Waals surface area contributed by atoms with E-state index in [1.54, 1.807) is 6.07 Å². The molecule has 2 nitrogen and oxygen atoms in total. The molecular formula is C15H14BrClFNO. The molecule has 2 aromatic carbocycles. The van der Waals surface area contributed by atoms with Crippen LogP contribution in [-0.2, 0) is 6.61 Å². The molecular weight excluding hydrogens is 345 g/mol. The Hall–Kier alpha value is -1.10. The highest BCUT2D eigenvalue weighted by molar-refractivity contribution is 9.10. The van der Waals surface area contributed by atoms with Gasteiger partial charge in [0.25, 0.3) is 0 Å². The number of hydrogen-bond donors (Lipinski definition) is 1. The minimum atomic E-state index is -0.362. The molecule has 2 N–H and O–H groups in total. The first-order valence-corrected chi connectivity index (χ1v) is 7.26. The molecule has 0 aliphatic heterocycles. The van der Waals surface area contributed by atoms with Crippen LogP contribution in [0.5, 0.6) is 5.75 Å². The molecule has 0 fully saturated rings. The highest BCUT2D eigenvalue weighted by atomic mass is 79.9. The molecule has 0 amide bonds. The minimum Gasteiger partial charge on any atom is -0.489 e. The SMILES string of the molecule is CC(N)c1cc(Br)ccc1OCc1ccc(F)cc1Cl. The maximum Gasteiger partial charge on any atom is 0.124 e. The lowest BCUT2D eigenvalue weighted by atomic mass is 10.1. The molecule has 0 aliphatic carbocycles. The van der Waals surface area contributed by atoms with E-state index < -0.39 is 0 Å². The number of rotatable bonds is 4. The second-order valence-corrected chi connectivity index (χ2v) is 5.82. The molecule has 1 unspecified atom stereocenters. The molecule has 0 bridgehead atoms. The van der Waals surface area contributed by atoms with Crippen molar-refractivity contribution in [2.75, 3.05) is 0 Å². The van der Waals surface area contributed by atoms with E-state index in [0.717, 1.165) is 15.6 Å². The van der Waals surface area contributed by atoms with Crippen LogP contribution >= 0.6 is 27.5 Å². The maximum absolute atomic E-state index is 13.0. The van der Waals surface area contributed by atoms with Crippen molar-refractivity contribution in [3.05, 3.63) is 62.8 Å². The van der Waals surface area contributed by atoms with E-state index in [4.69, 9.17) is 22.1 Å². The fraction of sp³-hybridized carbons (Fsp3) is 0.200. The van der Waals surface area contributed by atoms with Crippen molar-refractivity contribution >= 4 is 27.5 Å². The van der Waals surface area contributed by atoms with Crippen LogP contribution in [0.25, 0.3) is 0 Å². The second kappa shape index (κ2) is 6.57. The first kappa shape index (κ1) is 15.3.